The lowest BCUT2D eigenvalue weighted by Gasteiger charge is -1.89. The fourth-order valence-electron chi connectivity index (χ4n) is 0.167. The van der Waals surface area contributed by atoms with Gasteiger partial charge in [0.05, 0.1) is 0 Å². The molecule has 0 aliphatic rings. The van der Waals surface area contributed by atoms with E-state index in [9.17, 15) is 4.79 Å². The first-order valence-electron chi connectivity index (χ1n) is 2.97. The number of nitrogens with one attached hydrogen (secondary N) is 1. The molecule has 0 rings (SSSR count). The zero-order chi connectivity index (χ0) is 10.1. The van der Waals surface area contributed by atoms with Gasteiger partial charge >= 0.3 is 6.03 Å². The predicted octanol–water partition coefficient (Wildman–Crippen LogP) is -0.761. The molecule has 0 fully saturated rings. The van der Waals surface area contributed by atoms with Crippen LogP contribution in [0.5, 0.6) is 0 Å². The molecule has 0 heterocycles. The molecule has 0 bridgehead atoms. The lowest BCUT2D eigenvalue weighted by molar-refractivity contribution is 0.249. The molecule has 70 valence electrons. The smallest absolute Gasteiger partial charge is 0.332 e. The predicted molar refractivity (Wildman–Crippen MR) is 52.5 cm³/mol. The molecular weight excluding hydrogens is 178 g/mol. The fourth-order valence-corrected chi connectivity index (χ4v) is 0.167. The Kier molecular flexibility index (Phi) is 8.53. The van der Waals surface area contributed by atoms with Crippen LogP contribution in [0.3, 0.4) is 0 Å². The van der Waals surface area contributed by atoms with Crippen LogP contribution in [-0.4, -0.2) is 16.9 Å². The van der Waals surface area contributed by atoms with E-state index in [4.69, 9.17) is 0 Å². The van der Waals surface area contributed by atoms with E-state index in [1.807, 2.05) is 0 Å². The van der Waals surface area contributed by atoms with Gasteiger partial charge in [0.1, 0.15) is 0 Å². The van der Waals surface area contributed by atoms with Gasteiger partial charge in [0.2, 0.25) is 0 Å². The van der Waals surface area contributed by atoms with Crippen molar-refractivity contribution in [1.82, 2.24) is 5.43 Å². The third-order valence-electron chi connectivity index (χ3n) is 0.390. The van der Waals surface area contributed by atoms with Gasteiger partial charge in [-0.25, -0.2) is 10.2 Å². The highest BCUT2D eigenvalue weighted by Gasteiger charge is 1.82. The molecule has 0 aliphatic heterocycles. The van der Waals surface area contributed by atoms with E-state index in [1.165, 1.54) is 0 Å². The van der Waals surface area contributed by atoms with E-state index < -0.39 is 6.03 Å². The lowest BCUT2D eigenvalue weighted by Crippen LogP contribution is -2.24. The largest absolute Gasteiger partial charge is 0.377 e. The maximum Gasteiger partial charge on any atom is 0.332 e. The summed E-state index contributed by atoms with van der Waals surface area (Å²) in [6, 6.07) is -0.633. The Morgan fingerprint density at radius 1 is 1.33 bits per heavy atom. The van der Waals surface area contributed by atoms with Crippen LogP contribution in [0.25, 0.3) is 0 Å². The average molecular weight is 191 g/mol. The molecule has 12 heavy (non-hydrogen) atoms. The normalized spacial score (nSPS) is 7.17. The van der Waals surface area contributed by atoms with Crippen LogP contribution in [0.2, 0.25) is 0 Å². The minimum absolute atomic E-state index is 0.000000000000000222. The minimum Gasteiger partial charge on any atom is -0.377 e. The van der Waals surface area contributed by atoms with Gasteiger partial charge in [-0.1, -0.05) is 0 Å². The van der Waals surface area contributed by atoms with E-state index in [2.05, 4.69) is 39.9 Å². The van der Waals surface area contributed by atoms with Crippen molar-refractivity contribution in [2.75, 3.05) is 0 Å². The second kappa shape index (κ2) is 7.73. The number of primary amides is 1. The second-order valence-electron chi connectivity index (χ2n) is 1.94. The number of carbonyl (C=O) groups excluding carboxylic acids is 1. The molecular formula is C5H13N5OS. The first-order chi connectivity index (χ1) is 5.36. The van der Waals surface area contributed by atoms with Crippen LogP contribution >= 0.6 is 12.2 Å². The monoisotopic (exact) mass is 191 g/mol. The zero-order valence-corrected chi connectivity index (χ0v) is 7.81. The standard InChI is InChI=1S/C4H9N3O.CH4N2S/c1-3(2)6-7-4(5)8;2-1(3)4/h1-2H3,(H3,5,7,8);(H4,2,3,4). The van der Waals surface area contributed by atoms with E-state index in [1.54, 1.807) is 13.8 Å². The molecule has 0 aromatic rings. The van der Waals surface area contributed by atoms with Crippen molar-refractivity contribution in [2.45, 2.75) is 13.8 Å². The Bertz CT molecular complexity index is 182. The van der Waals surface area contributed by atoms with Crippen LogP contribution in [0.15, 0.2) is 5.10 Å². The highest BCUT2D eigenvalue weighted by atomic mass is 32.1. The molecule has 0 radical (unpaired) electrons. The molecule has 0 spiro atoms. The number of carbonyl (C=O) groups is 1. The molecule has 7 heteroatoms. The molecule has 2 amide bonds. The van der Waals surface area contributed by atoms with Crippen molar-refractivity contribution in [3.63, 3.8) is 0 Å². The summed E-state index contributed by atoms with van der Waals surface area (Å²) in [5.74, 6) is 0. The van der Waals surface area contributed by atoms with Crippen LogP contribution in [-0.2, 0) is 0 Å². The molecule has 0 saturated carbocycles. The molecule has 0 saturated heterocycles. The summed E-state index contributed by atoms with van der Waals surface area (Å²) < 4.78 is 0. The summed E-state index contributed by atoms with van der Waals surface area (Å²) in [6.07, 6.45) is 0. The summed E-state index contributed by atoms with van der Waals surface area (Å²) in [7, 11) is 0. The lowest BCUT2D eigenvalue weighted by atomic mass is 10.5. The molecule has 0 aromatic carbocycles. The van der Waals surface area contributed by atoms with Gasteiger partial charge in [0.25, 0.3) is 0 Å². The Hall–Kier alpha value is -1.37. The van der Waals surface area contributed by atoms with Gasteiger partial charge in [0, 0.05) is 5.71 Å². The summed E-state index contributed by atoms with van der Waals surface area (Å²) in [6.45, 7) is 3.52. The molecule has 0 aliphatic carbocycles. The number of nitrogens with zero attached hydrogens (tertiary/aromatic N) is 1. The molecule has 0 aromatic heterocycles. The third-order valence-corrected chi connectivity index (χ3v) is 0.390. The Balaban J connectivity index is 0. The Morgan fingerprint density at radius 3 is 1.75 bits per heavy atom. The Labute approximate surface area is 76.2 Å². The summed E-state index contributed by atoms with van der Waals surface area (Å²) in [4.78, 5) is 9.91. The van der Waals surface area contributed by atoms with Crippen LogP contribution < -0.4 is 22.6 Å². The van der Waals surface area contributed by atoms with E-state index in [0.29, 0.717) is 0 Å². The molecule has 6 nitrogen and oxygen atoms in total. The van der Waals surface area contributed by atoms with Crippen LogP contribution in [0.1, 0.15) is 13.8 Å². The quantitative estimate of drug-likeness (QED) is 0.247. The summed E-state index contributed by atoms with van der Waals surface area (Å²) in [5.41, 5.74) is 16.8. The zero-order valence-electron chi connectivity index (χ0n) is 7.00. The number of urea groups is 1. The summed E-state index contributed by atoms with van der Waals surface area (Å²) >= 11 is 4.09. The van der Waals surface area contributed by atoms with Crippen molar-refractivity contribution in [3.8, 4) is 0 Å². The van der Waals surface area contributed by atoms with E-state index in [0.717, 1.165) is 5.71 Å². The first kappa shape index (κ1) is 13.2. The van der Waals surface area contributed by atoms with Gasteiger partial charge in [-0.15, -0.1) is 0 Å². The summed E-state index contributed by atoms with van der Waals surface area (Å²) in [5, 5.41) is 3.52. The van der Waals surface area contributed by atoms with Gasteiger partial charge < -0.3 is 17.2 Å². The SMILES string of the molecule is CC(C)=NNC(N)=O.NC(N)=S. The van der Waals surface area contributed by atoms with E-state index >= 15 is 0 Å². The van der Waals surface area contributed by atoms with Gasteiger partial charge in [-0.2, -0.15) is 5.10 Å². The third kappa shape index (κ3) is 38.1. The van der Waals surface area contributed by atoms with E-state index in [-0.39, 0.29) is 5.11 Å². The van der Waals surface area contributed by atoms with Crippen molar-refractivity contribution in [2.24, 2.45) is 22.3 Å². The molecule has 0 unspecified atom stereocenters. The highest BCUT2D eigenvalue weighted by molar-refractivity contribution is 7.80. The number of amides is 2. The number of hydrazone groups is 1. The fraction of sp³-hybridized carbons (Fsp3) is 0.400. The first-order valence-corrected chi connectivity index (χ1v) is 3.38. The van der Waals surface area contributed by atoms with Crippen molar-refractivity contribution >= 4 is 29.1 Å². The number of rotatable bonds is 1. The van der Waals surface area contributed by atoms with Gasteiger partial charge in [-0.05, 0) is 26.1 Å². The van der Waals surface area contributed by atoms with Crippen molar-refractivity contribution < 1.29 is 4.79 Å². The minimum atomic E-state index is -0.633. The second-order valence-corrected chi connectivity index (χ2v) is 2.41. The maximum absolute atomic E-state index is 9.91. The van der Waals surface area contributed by atoms with Crippen LogP contribution in [0.4, 0.5) is 4.79 Å². The maximum atomic E-state index is 9.91. The average Bonchev–Trinajstić information content (AvgIpc) is 1.82. The Morgan fingerprint density at radius 2 is 1.67 bits per heavy atom. The molecule has 0 atom stereocenters. The van der Waals surface area contributed by atoms with Gasteiger partial charge in [-0.3, -0.25) is 0 Å². The number of hydrogen-bond donors (Lipinski definition) is 4. The van der Waals surface area contributed by atoms with Crippen molar-refractivity contribution in [1.29, 1.82) is 0 Å². The van der Waals surface area contributed by atoms with Crippen molar-refractivity contribution in [3.05, 3.63) is 0 Å². The topological polar surface area (TPSA) is 120 Å². The number of nitrogens with two attached hydrogens (primary N) is 3. The van der Waals surface area contributed by atoms with Crippen LogP contribution in [0, 0.1) is 0 Å². The highest BCUT2D eigenvalue weighted by Crippen LogP contribution is 1.66. The number of hydrogen-bond acceptors (Lipinski definition) is 3. The number of thiocarbonyl (C=S) groups is 1. The molecule has 7 N–H and O–H groups in total. The van der Waals surface area contributed by atoms with Gasteiger partial charge in [0.15, 0.2) is 5.11 Å².